The van der Waals surface area contributed by atoms with E-state index < -0.39 is 0 Å². The van der Waals surface area contributed by atoms with Crippen molar-refractivity contribution < 1.29 is 4.74 Å². The van der Waals surface area contributed by atoms with Crippen LogP contribution in [0.25, 0.3) is 10.6 Å². The van der Waals surface area contributed by atoms with E-state index >= 15 is 0 Å². The molecular weight excluding hydrogens is 423 g/mol. The molecule has 0 amide bonds. The third-order valence-corrected chi connectivity index (χ3v) is 3.81. The Bertz CT molecular complexity index is 667. The molecule has 2 aromatic rings. The van der Waals surface area contributed by atoms with Gasteiger partial charge in [0.25, 0.3) is 0 Å². The number of halogens is 1. The molecule has 3 N–H and O–H groups in total. The Morgan fingerprint density at radius 3 is 2.70 bits per heavy atom. The lowest BCUT2D eigenvalue weighted by Crippen LogP contribution is -2.32. The fourth-order valence-electron chi connectivity index (χ4n) is 1.71. The first-order valence-electron chi connectivity index (χ1n) is 6.85. The minimum absolute atomic E-state index is 0. The van der Waals surface area contributed by atoms with Gasteiger partial charge in [-0.05, 0) is 31.2 Å². The van der Waals surface area contributed by atoms with Crippen molar-refractivity contribution in [1.82, 2.24) is 10.3 Å². The molecule has 0 aliphatic carbocycles. The quantitative estimate of drug-likeness (QED) is 0.310. The van der Waals surface area contributed by atoms with Crippen LogP contribution in [0.15, 0.2) is 46.8 Å². The molecule has 0 saturated heterocycles. The van der Waals surface area contributed by atoms with Crippen LogP contribution in [0, 0.1) is 0 Å². The third kappa shape index (κ3) is 6.19. The van der Waals surface area contributed by atoms with E-state index in [-0.39, 0.29) is 24.0 Å². The topological polar surface area (TPSA) is 72.5 Å². The normalized spacial score (nSPS) is 10.8. The van der Waals surface area contributed by atoms with Gasteiger partial charge in [0.05, 0.1) is 19.3 Å². The first-order valence-corrected chi connectivity index (χ1v) is 7.73. The second-order valence-corrected chi connectivity index (χ2v) is 5.74. The fourth-order valence-corrected chi connectivity index (χ4v) is 2.53. The van der Waals surface area contributed by atoms with Crippen LogP contribution in [-0.4, -0.2) is 24.6 Å². The van der Waals surface area contributed by atoms with Gasteiger partial charge in [-0.25, -0.2) is 9.98 Å². The molecule has 1 heterocycles. The van der Waals surface area contributed by atoms with Crippen molar-refractivity contribution in [2.45, 2.75) is 13.5 Å². The molecule has 124 valence electrons. The summed E-state index contributed by atoms with van der Waals surface area (Å²) in [7, 11) is 1.65. The predicted octanol–water partition coefficient (Wildman–Crippen LogP) is 3.42. The van der Waals surface area contributed by atoms with Crippen LogP contribution in [-0.2, 0) is 6.54 Å². The molecular formula is C16H21IN4OS. The predicted molar refractivity (Wildman–Crippen MR) is 108 cm³/mol. The summed E-state index contributed by atoms with van der Waals surface area (Å²) in [5, 5.41) is 5.95. The van der Waals surface area contributed by atoms with Crippen LogP contribution in [0.5, 0.6) is 5.75 Å². The highest BCUT2D eigenvalue weighted by atomic mass is 127. The minimum atomic E-state index is 0. The SMILES string of the molecule is C=C(C)CNC(N)=NCc1csc(-c2ccc(OC)cc2)n1.I. The summed E-state index contributed by atoms with van der Waals surface area (Å²) >= 11 is 1.59. The van der Waals surface area contributed by atoms with Crippen molar-refractivity contribution in [3.05, 3.63) is 47.5 Å². The van der Waals surface area contributed by atoms with E-state index in [0.717, 1.165) is 27.6 Å². The van der Waals surface area contributed by atoms with Crippen LogP contribution < -0.4 is 15.8 Å². The van der Waals surface area contributed by atoms with Gasteiger partial charge in [0, 0.05) is 17.5 Å². The Morgan fingerprint density at radius 2 is 2.09 bits per heavy atom. The van der Waals surface area contributed by atoms with Crippen LogP contribution in [0.3, 0.4) is 0 Å². The first kappa shape index (κ1) is 19.4. The van der Waals surface area contributed by atoms with Gasteiger partial charge in [0.1, 0.15) is 10.8 Å². The molecule has 1 aromatic carbocycles. The highest BCUT2D eigenvalue weighted by molar-refractivity contribution is 14.0. The Kier molecular flexibility index (Phi) is 8.04. The van der Waals surface area contributed by atoms with Crippen molar-refractivity contribution >= 4 is 41.3 Å². The summed E-state index contributed by atoms with van der Waals surface area (Å²) in [5.74, 6) is 1.24. The maximum Gasteiger partial charge on any atom is 0.189 e. The number of nitrogens with zero attached hydrogens (tertiary/aromatic N) is 2. The molecule has 0 saturated carbocycles. The van der Waals surface area contributed by atoms with Gasteiger partial charge in [-0.15, -0.1) is 35.3 Å². The van der Waals surface area contributed by atoms with Crippen LogP contribution in [0.4, 0.5) is 0 Å². The van der Waals surface area contributed by atoms with E-state index in [1.165, 1.54) is 0 Å². The number of nitrogens with one attached hydrogen (secondary N) is 1. The van der Waals surface area contributed by atoms with Gasteiger partial charge in [-0.1, -0.05) is 12.2 Å². The lowest BCUT2D eigenvalue weighted by atomic mass is 10.2. The van der Waals surface area contributed by atoms with Gasteiger partial charge in [0.2, 0.25) is 0 Å². The standard InChI is InChI=1S/C16H20N4OS.HI/c1-11(2)8-18-16(17)19-9-13-10-22-15(20-13)12-4-6-14(21-3)7-5-12;/h4-7,10H,1,8-9H2,2-3H3,(H3,17,18,19);1H. The van der Waals surface area contributed by atoms with Crippen molar-refractivity contribution in [2.75, 3.05) is 13.7 Å². The monoisotopic (exact) mass is 444 g/mol. The van der Waals surface area contributed by atoms with E-state index in [2.05, 4.69) is 21.9 Å². The first-order chi connectivity index (χ1) is 10.6. The number of rotatable bonds is 6. The number of aliphatic imine (C=N–C) groups is 1. The molecule has 7 heteroatoms. The number of guanidine groups is 1. The van der Waals surface area contributed by atoms with E-state index in [1.807, 2.05) is 36.6 Å². The number of nitrogens with two attached hydrogens (primary N) is 1. The van der Waals surface area contributed by atoms with Crippen LogP contribution in [0.2, 0.25) is 0 Å². The summed E-state index contributed by atoms with van der Waals surface area (Å²) in [4.78, 5) is 8.84. The minimum Gasteiger partial charge on any atom is -0.497 e. The average molecular weight is 444 g/mol. The molecule has 5 nitrogen and oxygen atoms in total. The summed E-state index contributed by atoms with van der Waals surface area (Å²) < 4.78 is 5.15. The van der Waals surface area contributed by atoms with E-state index in [0.29, 0.717) is 19.0 Å². The zero-order chi connectivity index (χ0) is 15.9. The lowest BCUT2D eigenvalue weighted by molar-refractivity contribution is 0.415. The van der Waals surface area contributed by atoms with Crippen molar-refractivity contribution in [3.63, 3.8) is 0 Å². The average Bonchev–Trinajstić information content (AvgIpc) is 3.00. The summed E-state index contributed by atoms with van der Waals surface area (Å²) in [6, 6.07) is 7.84. The smallest absolute Gasteiger partial charge is 0.189 e. The van der Waals surface area contributed by atoms with E-state index in [9.17, 15) is 0 Å². The van der Waals surface area contributed by atoms with Crippen LogP contribution >= 0.6 is 35.3 Å². The van der Waals surface area contributed by atoms with Gasteiger partial charge < -0.3 is 15.8 Å². The number of hydrogen-bond acceptors (Lipinski definition) is 4. The molecule has 0 fully saturated rings. The second kappa shape index (κ2) is 9.51. The Balaban J connectivity index is 0.00000264. The van der Waals surface area contributed by atoms with E-state index in [4.69, 9.17) is 10.5 Å². The third-order valence-electron chi connectivity index (χ3n) is 2.87. The number of aromatic nitrogens is 1. The molecule has 0 spiro atoms. The van der Waals surface area contributed by atoms with Gasteiger partial charge in [0.15, 0.2) is 5.96 Å². The molecule has 0 unspecified atom stereocenters. The number of thiazole rings is 1. The molecule has 23 heavy (non-hydrogen) atoms. The van der Waals surface area contributed by atoms with Crippen LogP contribution in [0.1, 0.15) is 12.6 Å². The van der Waals surface area contributed by atoms with Crippen molar-refractivity contribution in [3.8, 4) is 16.3 Å². The molecule has 0 bridgehead atoms. The molecule has 2 rings (SSSR count). The number of hydrogen-bond donors (Lipinski definition) is 2. The largest absolute Gasteiger partial charge is 0.497 e. The highest BCUT2D eigenvalue weighted by Gasteiger charge is 2.05. The van der Waals surface area contributed by atoms with Gasteiger partial charge in [-0.2, -0.15) is 0 Å². The Hall–Kier alpha value is -1.61. The summed E-state index contributed by atoms with van der Waals surface area (Å²) in [5.41, 5.74) is 8.75. The van der Waals surface area contributed by atoms with Crippen molar-refractivity contribution in [2.24, 2.45) is 10.7 Å². The number of ether oxygens (including phenoxy) is 1. The zero-order valence-corrected chi connectivity index (χ0v) is 16.4. The second-order valence-electron chi connectivity index (χ2n) is 4.88. The molecule has 0 aliphatic rings. The van der Waals surface area contributed by atoms with Crippen molar-refractivity contribution in [1.29, 1.82) is 0 Å². The maximum absolute atomic E-state index is 5.78. The number of methoxy groups -OCH3 is 1. The summed E-state index contributed by atoms with van der Waals surface area (Å²) in [6.07, 6.45) is 0. The number of benzene rings is 1. The van der Waals surface area contributed by atoms with Gasteiger partial charge >= 0.3 is 0 Å². The maximum atomic E-state index is 5.78. The highest BCUT2D eigenvalue weighted by Crippen LogP contribution is 2.25. The summed E-state index contributed by atoms with van der Waals surface area (Å²) in [6.45, 7) is 6.82. The lowest BCUT2D eigenvalue weighted by Gasteiger charge is -2.03. The zero-order valence-electron chi connectivity index (χ0n) is 13.2. The molecule has 0 aliphatic heterocycles. The Labute approximate surface area is 157 Å². The fraction of sp³-hybridized carbons (Fsp3) is 0.250. The molecule has 1 aromatic heterocycles. The Morgan fingerprint density at radius 1 is 1.39 bits per heavy atom. The molecule has 0 atom stereocenters. The van der Waals surface area contributed by atoms with Gasteiger partial charge in [-0.3, -0.25) is 0 Å². The van der Waals surface area contributed by atoms with E-state index in [1.54, 1.807) is 18.4 Å². The molecule has 0 radical (unpaired) electrons.